The lowest BCUT2D eigenvalue weighted by molar-refractivity contribution is 0.123. The summed E-state index contributed by atoms with van der Waals surface area (Å²) >= 11 is 0. The number of rotatable bonds is 5. The zero-order valence-corrected chi connectivity index (χ0v) is 18.5. The summed E-state index contributed by atoms with van der Waals surface area (Å²) in [6, 6.07) is 7.43. The van der Waals surface area contributed by atoms with Crippen molar-refractivity contribution in [2.75, 3.05) is 40.8 Å². The van der Waals surface area contributed by atoms with Gasteiger partial charge in [0.25, 0.3) is 0 Å². The highest BCUT2D eigenvalue weighted by atomic mass is 16.2. The minimum atomic E-state index is 0.0662. The Kier molecular flexibility index (Phi) is 5.58. The number of fused-ring (bicyclic) bond motifs is 2. The van der Waals surface area contributed by atoms with Crippen LogP contribution in [0.5, 0.6) is 0 Å². The highest BCUT2D eigenvalue weighted by Crippen LogP contribution is 2.44. The van der Waals surface area contributed by atoms with E-state index in [-0.39, 0.29) is 12.1 Å². The first-order valence-corrected chi connectivity index (χ1v) is 11.0. The maximum atomic E-state index is 12.6. The number of piperidine rings is 1. The molecular formula is C23H35N5O. The second kappa shape index (κ2) is 8.00. The molecule has 1 aliphatic carbocycles. The number of hydrogen-bond acceptors (Lipinski definition) is 3. The second-order valence-corrected chi connectivity index (χ2v) is 8.96. The van der Waals surface area contributed by atoms with Crippen LogP contribution in [0.1, 0.15) is 43.0 Å². The van der Waals surface area contributed by atoms with Crippen molar-refractivity contribution in [3.63, 3.8) is 0 Å². The summed E-state index contributed by atoms with van der Waals surface area (Å²) < 4.78 is 0. The Morgan fingerprint density at radius 1 is 1.28 bits per heavy atom. The summed E-state index contributed by atoms with van der Waals surface area (Å²) in [5, 5.41) is 4.73. The van der Waals surface area contributed by atoms with Gasteiger partial charge in [-0.05, 0) is 65.0 Å². The highest BCUT2D eigenvalue weighted by molar-refractivity contribution is 5.89. The maximum absolute atomic E-state index is 12.6. The number of hydrogen-bond donors (Lipinski definition) is 2. The third kappa shape index (κ3) is 3.64. The first-order chi connectivity index (χ1) is 13.9. The van der Waals surface area contributed by atoms with E-state index in [1.807, 2.05) is 18.7 Å². The lowest BCUT2D eigenvalue weighted by Crippen LogP contribution is -2.56. The van der Waals surface area contributed by atoms with E-state index in [2.05, 4.69) is 59.4 Å². The van der Waals surface area contributed by atoms with Gasteiger partial charge >= 0.3 is 6.03 Å². The van der Waals surface area contributed by atoms with Crippen molar-refractivity contribution in [1.29, 1.82) is 0 Å². The average molecular weight is 398 g/mol. The van der Waals surface area contributed by atoms with Crippen molar-refractivity contribution in [2.24, 2.45) is 0 Å². The number of aromatic nitrogens is 1. The van der Waals surface area contributed by atoms with Crippen LogP contribution in [0.3, 0.4) is 0 Å². The minimum Gasteiger partial charge on any atom is -0.357 e. The molecular weight excluding hydrogens is 362 g/mol. The summed E-state index contributed by atoms with van der Waals surface area (Å²) in [5.74, 6) is 0.454. The van der Waals surface area contributed by atoms with Gasteiger partial charge in [0.2, 0.25) is 0 Å². The smallest absolute Gasteiger partial charge is 0.317 e. The average Bonchev–Trinajstić information content (AvgIpc) is 3.01. The van der Waals surface area contributed by atoms with Crippen molar-refractivity contribution >= 4 is 16.9 Å². The Balaban J connectivity index is 1.64. The quantitative estimate of drug-likeness (QED) is 0.816. The Morgan fingerprint density at radius 3 is 2.72 bits per heavy atom. The largest absolute Gasteiger partial charge is 0.357 e. The third-order valence-electron chi connectivity index (χ3n) is 6.79. The van der Waals surface area contributed by atoms with Crippen molar-refractivity contribution in [3.8, 4) is 0 Å². The van der Waals surface area contributed by atoms with Crippen LogP contribution in [0, 0.1) is 0 Å². The molecule has 6 nitrogen and oxygen atoms in total. The van der Waals surface area contributed by atoms with Gasteiger partial charge in [0.1, 0.15) is 0 Å². The molecule has 0 radical (unpaired) electrons. The molecule has 1 fully saturated rings. The van der Waals surface area contributed by atoms with E-state index in [9.17, 15) is 4.79 Å². The number of carbonyl (C=O) groups excluding carboxylic acids is 1. The Labute approximate surface area is 174 Å². The number of likely N-dealkylation sites (tertiary alicyclic amines) is 1. The van der Waals surface area contributed by atoms with Crippen molar-refractivity contribution < 1.29 is 4.79 Å². The standard InChI is InChI=1S/C23H35N5O/c1-6-28(7-2)23(29)24-15-11-17-16-9-8-10-19-22(16)18(12-21(17)27(5)13-15)20(25-19)14-26(3)4/h8-10,15,17,21,25H,6-7,11-14H2,1-5H3,(H,24,29)/t15-,17+,21+/m0/s1. The molecule has 1 aromatic heterocycles. The Morgan fingerprint density at radius 2 is 2.03 bits per heavy atom. The number of amides is 2. The molecule has 1 aromatic carbocycles. The second-order valence-electron chi connectivity index (χ2n) is 8.96. The number of H-pyrrole nitrogens is 1. The maximum Gasteiger partial charge on any atom is 0.317 e. The van der Waals surface area contributed by atoms with E-state index in [0.29, 0.717) is 12.0 Å². The summed E-state index contributed by atoms with van der Waals surface area (Å²) in [6.07, 6.45) is 2.09. The first-order valence-electron chi connectivity index (χ1n) is 11.0. The highest BCUT2D eigenvalue weighted by Gasteiger charge is 2.40. The summed E-state index contributed by atoms with van der Waals surface area (Å²) in [6.45, 7) is 7.41. The Bertz CT molecular complexity index is 885. The van der Waals surface area contributed by atoms with E-state index in [1.165, 1.54) is 27.7 Å². The van der Waals surface area contributed by atoms with Crippen LogP contribution >= 0.6 is 0 Å². The number of carbonyl (C=O) groups is 1. The van der Waals surface area contributed by atoms with Crippen LogP contribution in [-0.4, -0.2) is 78.6 Å². The Hall–Kier alpha value is -2.05. The van der Waals surface area contributed by atoms with Gasteiger partial charge in [-0.1, -0.05) is 12.1 Å². The summed E-state index contributed by atoms with van der Waals surface area (Å²) in [4.78, 5) is 22.9. The normalized spacial score (nSPS) is 24.0. The molecule has 6 heteroatoms. The lowest BCUT2D eigenvalue weighted by atomic mass is 9.73. The third-order valence-corrected chi connectivity index (χ3v) is 6.79. The molecule has 3 atom stereocenters. The fourth-order valence-electron chi connectivity index (χ4n) is 5.44. The summed E-state index contributed by atoms with van der Waals surface area (Å²) in [7, 11) is 6.47. The van der Waals surface area contributed by atoms with Gasteiger partial charge in [0, 0.05) is 60.8 Å². The zero-order chi connectivity index (χ0) is 20.7. The number of nitrogens with zero attached hydrogens (tertiary/aromatic N) is 3. The van der Waals surface area contributed by atoms with Gasteiger partial charge in [-0.2, -0.15) is 0 Å². The molecule has 2 heterocycles. The predicted molar refractivity (Wildman–Crippen MR) is 118 cm³/mol. The van der Waals surface area contributed by atoms with E-state index < -0.39 is 0 Å². The van der Waals surface area contributed by atoms with Gasteiger partial charge in [-0.3, -0.25) is 0 Å². The van der Waals surface area contributed by atoms with E-state index in [0.717, 1.165) is 39.0 Å². The van der Waals surface area contributed by atoms with Gasteiger partial charge in [-0.25, -0.2) is 4.79 Å². The molecule has 0 unspecified atom stereocenters. The molecule has 2 amide bonds. The zero-order valence-electron chi connectivity index (χ0n) is 18.5. The predicted octanol–water partition coefficient (Wildman–Crippen LogP) is 2.99. The van der Waals surface area contributed by atoms with E-state index >= 15 is 0 Å². The molecule has 2 aliphatic rings. The molecule has 158 valence electrons. The summed E-state index contributed by atoms with van der Waals surface area (Å²) in [5.41, 5.74) is 5.54. The van der Waals surface area contributed by atoms with E-state index in [4.69, 9.17) is 0 Å². The van der Waals surface area contributed by atoms with Crippen LogP contribution < -0.4 is 5.32 Å². The number of nitrogens with one attached hydrogen (secondary N) is 2. The molecule has 29 heavy (non-hydrogen) atoms. The van der Waals surface area contributed by atoms with Gasteiger partial charge in [0.15, 0.2) is 0 Å². The molecule has 2 N–H and O–H groups in total. The molecule has 0 bridgehead atoms. The fourth-order valence-corrected chi connectivity index (χ4v) is 5.44. The molecule has 4 rings (SSSR count). The molecule has 1 saturated heterocycles. The van der Waals surface area contributed by atoms with Crippen molar-refractivity contribution in [2.45, 2.75) is 51.2 Å². The van der Waals surface area contributed by atoms with Gasteiger partial charge < -0.3 is 25.0 Å². The van der Waals surface area contributed by atoms with E-state index in [1.54, 1.807) is 0 Å². The van der Waals surface area contributed by atoms with Crippen molar-refractivity contribution in [1.82, 2.24) is 25.0 Å². The van der Waals surface area contributed by atoms with Gasteiger partial charge in [0.05, 0.1) is 0 Å². The molecule has 0 spiro atoms. The lowest BCUT2D eigenvalue weighted by Gasteiger charge is -2.46. The van der Waals surface area contributed by atoms with Crippen LogP contribution in [0.2, 0.25) is 0 Å². The van der Waals surface area contributed by atoms with Gasteiger partial charge in [-0.15, -0.1) is 0 Å². The van der Waals surface area contributed by atoms with Crippen LogP contribution in [0.15, 0.2) is 18.2 Å². The molecule has 0 saturated carbocycles. The minimum absolute atomic E-state index is 0.0662. The topological polar surface area (TPSA) is 54.6 Å². The van der Waals surface area contributed by atoms with Crippen LogP contribution in [0.25, 0.3) is 10.9 Å². The van der Waals surface area contributed by atoms with Crippen molar-refractivity contribution in [3.05, 3.63) is 35.0 Å². The number of likely N-dealkylation sites (N-methyl/N-ethyl adjacent to an activating group) is 1. The monoisotopic (exact) mass is 397 g/mol. The fraction of sp³-hybridized carbons (Fsp3) is 0.609. The SMILES string of the molecule is CCN(CC)C(=O)N[C@H]1C[C@@H]2c3cccc4[nH]c(CN(C)C)c(c34)C[C@H]2N(C)C1. The molecule has 1 aliphatic heterocycles. The number of aromatic amines is 1. The van der Waals surface area contributed by atoms with Crippen LogP contribution in [-0.2, 0) is 13.0 Å². The number of urea groups is 1. The number of benzene rings is 1. The molecule has 2 aromatic rings. The first kappa shape index (κ1) is 20.2. The van der Waals surface area contributed by atoms with Crippen LogP contribution in [0.4, 0.5) is 4.79 Å².